The molecule has 90 valence electrons. The molecule has 0 heterocycles. The first-order valence-corrected chi connectivity index (χ1v) is 8.72. The van der Waals surface area contributed by atoms with Crippen LogP contribution in [0, 0.1) is 0 Å². The molecule has 0 aromatic heterocycles. The Bertz CT molecular complexity index is 172. The summed E-state index contributed by atoms with van der Waals surface area (Å²) in [5, 5.41) is 0. The van der Waals surface area contributed by atoms with Crippen molar-refractivity contribution in [3.05, 3.63) is 0 Å². The van der Waals surface area contributed by atoms with E-state index in [-0.39, 0.29) is 0 Å². The molecular weight excluding hydrogens is 204 g/mol. The SMILES string of the molecule is CC[Si](CC)(OC)C1CCCCC1OC. The molecule has 0 saturated heterocycles. The molecule has 1 aliphatic rings. The average Bonchev–Trinajstić information content (AvgIpc) is 2.33. The van der Waals surface area contributed by atoms with Gasteiger partial charge in [0.05, 0.1) is 6.10 Å². The van der Waals surface area contributed by atoms with Gasteiger partial charge in [0.2, 0.25) is 0 Å². The molecule has 0 bridgehead atoms. The van der Waals surface area contributed by atoms with Gasteiger partial charge in [0, 0.05) is 19.8 Å². The van der Waals surface area contributed by atoms with E-state index in [9.17, 15) is 0 Å². The van der Waals surface area contributed by atoms with Crippen molar-refractivity contribution in [1.29, 1.82) is 0 Å². The fraction of sp³-hybridized carbons (Fsp3) is 1.00. The van der Waals surface area contributed by atoms with Crippen LogP contribution in [0.25, 0.3) is 0 Å². The van der Waals surface area contributed by atoms with Gasteiger partial charge in [-0.05, 0) is 24.9 Å². The van der Waals surface area contributed by atoms with Crippen LogP contribution in [0.1, 0.15) is 39.5 Å². The van der Waals surface area contributed by atoms with Gasteiger partial charge in [-0.2, -0.15) is 0 Å². The topological polar surface area (TPSA) is 18.5 Å². The first-order chi connectivity index (χ1) is 7.24. The second-order valence-corrected chi connectivity index (χ2v) is 9.33. The largest absolute Gasteiger partial charge is 0.420 e. The van der Waals surface area contributed by atoms with E-state index in [0.717, 1.165) is 5.54 Å². The lowest BCUT2D eigenvalue weighted by atomic mass is 9.97. The second-order valence-electron chi connectivity index (χ2n) is 4.64. The van der Waals surface area contributed by atoms with Crippen LogP contribution in [-0.2, 0) is 9.16 Å². The van der Waals surface area contributed by atoms with Gasteiger partial charge in [0.15, 0.2) is 8.32 Å². The number of hydrogen-bond donors (Lipinski definition) is 0. The molecule has 0 aliphatic heterocycles. The monoisotopic (exact) mass is 230 g/mol. The minimum Gasteiger partial charge on any atom is -0.420 e. The van der Waals surface area contributed by atoms with Crippen LogP contribution in [0.4, 0.5) is 0 Å². The van der Waals surface area contributed by atoms with Gasteiger partial charge in [0.25, 0.3) is 0 Å². The Morgan fingerprint density at radius 3 is 2.13 bits per heavy atom. The zero-order valence-corrected chi connectivity index (χ0v) is 11.7. The van der Waals surface area contributed by atoms with Crippen LogP contribution in [-0.4, -0.2) is 28.6 Å². The maximum atomic E-state index is 5.97. The van der Waals surface area contributed by atoms with E-state index in [1.807, 2.05) is 14.2 Å². The molecule has 1 fully saturated rings. The quantitative estimate of drug-likeness (QED) is 0.672. The number of hydrogen-bond acceptors (Lipinski definition) is 2. The molecule has 3 heteroatoms. The van der Waals surface area contributed by atoms with Gasteiger partial charge in [-0.1, -0.05) is 26.7 Å². The summed E-state index contributed by atoms with van der Waals surface area (Å²) in [5.74, 6) is 0. The molecule has 1 aliphatic carbocycles. The number of methoxy groups -OCH3 is 1. The molecule has 0 aromatic rings. The summed E-state index contributed by atoms with van der Waals surface area (Å²) in [6, 6.07) is 2.45. The zero-order valence-electron chi connectivity index (χ0n) is 10.7. The van der Waals surface area contributed by atoms with Gasteiger partial charge in [-0.3, -0.25) is 0 Å². The Labute approximate surface area is 95.5 Å². The normalized spacial score (nSPS) is 28.0. The molecule has 1 rings (SSSR count). The summed E-state index contributed by atoms with van der Waals surface area (Å²) in [6.07, 6.45) is 5.71. The van der Waals surface area contributed by atoms with Crippen molar-refractivity contribution in [2.75, 3.05) is 14.2 Å². The lowest BCUT2D eigenvalue weighted by molar-refractivity contribution is 0.0630. The Hall–Kier alpha value is 0.137. The van der Waals surface area contributed by atoms with Crippen LogP contribution in [0.5, 0.6) is 0 Å². The fourth-order valence-electron chi connectivity index (χ4n) is 3.20. The van der Waals surface area contributed by atoms with E-state index in [1.165, 1.54) is 37.8 Å². The molecule has 0 aromatic carbocycles. The van der Waals surface area contributed by atoms with Gasteiger partial charge >= 0.3 is 0 Å². The highest BCUT2D eigenvalue weighted by Gasteiger charge is 2.44. The second kappa shape index (κ2) is 6.02. The molecule has 0 N–H and O–H groups in total. The molecule has 0 spiro atoms. The molecule has 2 nitrogen and oxygen atoms in total. The maximum absolute atomic E-state index is 5.97. The van der Waals surface area contributed by atoms with E-state index < -0.39 is 8.32 Å². The third kappa shape index (κ3) is 2.63. The van der Waals surface area contributed by atoms with Crippen LogP contribution in [0.2, 0.25) is 17.6 Å². The van der Waals surface area contributed by atoms with E-state index in [2.05, 4.69) is 13.8 Å². The summed E-state index contributed by atoms with van der Waals surface area (Å²) in [5.41, 5.74) is 0.719. The van der Waals surface area contributed by atoms with E-state index >= 15 is 0 Å². The minimum absolute atomic E-state index is 0.463. The van der Waals surface area contributed by atoms with Crippen LogP contribution >= 0.6 is 0 Å². The Balaban J connectivity index is 2.79. The molecular formula is C12H26O2Si. The average molecular weight is 230 g/mol. The standard InChI is InChI=1S/C12H26O2Si/c1-5-15(6-2,14-4)12-10-8-7-9-11(12)13-3/h11-12H,5-10H2,1-4H3. The van der Waals surface area contributed by atoms with Crippen molar-refractivity contribution in [2.24, 2.45) is 0 Å². The van der Waals surface area contributed by atoms with Crippen molar-refractivity contribution < 1.29 is 9.16 Å². The number of ether oxygens (including phenoxy) is 1. The van der Waals surface area contributed by atoms with Crippen LogP contribution < -0.4 is 0 Å². The van der Waals surface area contributed by atoms with Crippen molar-refractivity contribution >= 4 is 8.32 Å². The van der Waals surface area contributed by atoms with Gasteiger partial charge in [-0.25, -0.2) is 0 Å². The summed E-state index contributed by atoms with van der Waals surface area (Å²) in [4.78, 5) is 0. The molecule has 15 heavy (non-hydrogen) atoms. The van der Waals surface area contributed by atoms with Crippen molar-refractivity contribution in [2.45, 2.75) is 63.3 Å². The number of rotatable bonds is 5. The Morgan fingerprint density at radius 1 is 1.07 bits per heavy atom. The predicted octanol–water partition coefficient (Wildman–Crippen LogP) is 3.58. The summed E-state index contributed by atoms with van der Waals surface area (Å²) >= 11 is 0. The predicted molar refractivity (Wildman–Crippen MR) is 66.7 cm³/mol. The lowest BCUT2D eigenvalue weighted by Gasteiger charge is -2.42. The summed E-state index contributed by atoms with van der Waals surface area (Å²) in [7, 11) is 2.26. The smallest absolute Gasteiger partial charge is 0.197 e. The maximum Gasteiger partial charge on any atom is 0.197 e. The van der Waals surface area contributed by atoms with Crippen molar-refractivity contribution in [3.63, 3.8) is 0 Å². The summed E-state index contributed by atoms with van der Waals surface area (Å²) in [6.45, 7) is 4.58. The van der Waals surface area contributed by atoms with Crippen LogP contribution in [0.3, 0.4) is 0 Å². The van der Waals surface area contributed by atoms with Crippen LogP contribution in [0.15, 0.2) is 0 Å². The molecule has 2 atom stereocenters. The highest BCUT2D eigenvalue weighted by atomic mass is 28.4. The summed E-state index contributed by atoms with van der Waals surface area (Å²) < 4.78 is 11.6. The molecule has 2 unspecified atom stereocenters. The third-order valence-electron chi connectivity index (χ3n) is 4.28. The first-order valence-electron chi connectivity index (χ1n) is 6.32. The molecule has 0 amide bonds. The Kier molecular flexibility index (Phi) is 5.30. The Morgan fingerprint density at radius 2 is 1.67 bits per heavy atom. The molecule has 0 radical (unpaired) electrons. The van der Waals surface area contributed by atoms with Gasteiger partial charge < -0.3 is 9.16 Å². The zero-order chi connectivity index (χ0) is 11.3. The lowest BCUT2D eigenvalue weighted by Crippen LogP contribution is -2.47. The minimum atomic E-state index is -1.53. The van der Waals surface area contributed by atoms with E-state index in [0.29, 0.717) is 6.10 Å². The highest BCUT2D eigenvalue weighted by Crippen LogP contribution is 2.42. The molecule has 1 saturated carbocycles. The van der Waals surface area contributed by atoms with E-state index in [4.69, 9.17) is 9.16 Å². The first kappa shape index (κ1) is 13.2. The van der Waals surface area contributed by atoms with Gasteiger partial charge in [-0.15, -0.1) is 0 Å². The van der Waals surface area contributed by atoms with Crippen molar-refractivity contribution in [3.8, 4) is 0 Å². The van der Waals surface area contributed by atoms with Crippen molar-refractivity contribution in [1.82, 2.24) is 0 Å². The third-order valence-corrected chi connectivity index (χ3v) is 9.50. The van der Waals surface area contributed by atoms with E-state index in [1.54, 1.807) is 0 Å². The fourth-order valence-corrected chi connectivity index (χ4v) is 7.33. The highest BCUT2D eigenvalue weighted by molar-refractivity contribution is 6.75. The van der Waals surface area contributed by atoms with Gasteiger partial charge in [0.1, 0.15) is 0 Å².